The van der Waals surface area contributed by atoms with Crippen LogP contribution in [0.2, 0.25) is 0 Å². The molecule has 1 unspecified atom stereocenters. The Balaban J connectivity index is 2.09. The molecule has 0 aromatic heterocycles. The lowest BCUT2D eigenvalue weighted by atomic mass is 10.1. The van der Waals surface area contributed by atoms with Gasteiger partial charge in [-0.1, -0.05) is 19.1 Å². The Morgan fingerprint density at radius 2 is 2.05 bits per heavy atom. The van der Waals surface area contributed by atoms with Gasteiger partial charge in [-0.3, -0.25) is 4.79 Å². The van der Waals surface area contributed by atoms with Gasteiger partial charge in [-0.25, -0.2) is 0 Å². The van der Waals surface area contributed by atoms with Crippen LogP contribution in [0.25, 0.3) is 0 Å². The zero-order valence-electron chi connectivity index (χ0n) is 11.6. The number of benzene rings is 1. The fourth-order valence-corrected chi connectivity index (χ4v) is 2.45. The quantitative estimate of drug-likeness (QED) is 0.854. The van der Waals surface area contributed by atoms with E-state index in [9.17, 15) is 4.79 Å². The van der Waals surface area contributed by atoms with E-state index in [1.807, 2.05) is 25.1 Å². The minimum Gasteiger partial charge on any atom is -0.370 e. The molecule has 1 aromatic rings. The Hall–Kier alpha value is -1.55. The van der Waals surface area contributed by atoms with E-state index >= 15 is 0 Å². The maximum absolute atomic E-state index is 12.1. The molecule has 104 valence electrons. The lowest BCUT2D eigenvalue weighted by Gasteiger charge is -2.22. The summed E-state index contributed by atoms with van der Waals surface area (Å²) in [5, 5.41) is 3.04. The average Bonchev–Trinajstić information content (AvgIpc) is 2.93. The molecular formula is C15H23N3O. The second kappa shape index (κ2) is 6.57. The molecule has 1 fully saturated rings. The molecule has 2 rings (SSSR count). The fraction of sp³-hybridized carbons (Fsp3) is 0.533. The molecule has 1 amide bonds. The standard InChI is InChI=1S/C15H23N3O/c1-12(8-9-16)15(19)17-13-6-2-3-7-14(13)18-10-4-5-11-18/h2-3,6-7,12H,4-5,8-11,16H2,1H3,(H,17,19). The molecule has 1 heterocycles. The van der Waals surface area contributed by atoms with Crippen molar-refractivity contribution in [3.8, 4) is 0 Å². The third-order valence-corrected chi connectivity index (χ3v) is 3.66. The number of nitrogens with zero attached hydrogens (tertiary/aromatic N) is 1. The van der Waals surface area contributed by atoms with Crippen LogP contribution in [0.1, 0.15) is 26.2 Å². The number of rotatable bonds is 5. The van der Waals surface area contributed by atoms with Crippen LogP contribution >= 0.6 is 0 Å². The normalized spacial score (nSPS) is 16.4. The summed E-state index contributed by atoms with van der Waals surface area (Å²) in [5.41, 5.74) is 7.55. The topological polar surface area (TPSA) is 58.4 Å². The van der Waals surface area contributed by atoms with Gasteiger partial charge in [0.05, 0.1) is 11.4 Å². The van der Waals surface area contributed by atoms with Gasteiger partial charge in [-0.05, 0) is 37.9 Å². The number of nitrogens with two attached hydrogens (primary N) is 1. The van der Waals surface area contributed by atoms with Crippen molar-refractivity contribution in [2.45, 2.75) is 26.2 Å². The van der Waals surface area contributed by atoms with Gasteiger partial charge in [0.15, 0.2) is 0 Å². The van der Waals surface area contributed by atoms with Crippen molar-refractivity contribution in [2.24, 2.45) is 11.7 Å². The van der Waals surface area contributed by atoms with E-state index in [1.54, 1.807) is 0 Å². The van der Waals surface area contributed by atoms with Crippen molar-refractivity contribution in [3.05, 3.63) is 24.3 Å². The van der Waals surface area contributed by atoms with Crippen LogP contribution < -0.4 is 16.0 Å². The maximum atomic E-state index is 12.1. The van der Waals surface area contributed by atoms with Gasteiger partial charge >= 0.3 is 0 Å². The van der Waals surface area contributed by atoms with Crippen LogP contribution in [-0.4, -0.2) is 25.5 Å². The van der Waals surface area contributed by atoms with E-state index in [2.05, 4.69) is 16.3 Å². The first-order valence-corrected chi connectivity index (χ1v) is 7.07. The lowest BCUT2D eigenvalue weighted by molar-refractivity contribution is -0.119. The molecule has 1 saturated heterocycles. The molecule has 0 saturated carbocycles. The Bertz CT molecular complexity index is 427. The summed E-state index contributed by atoms with van der Waals surface area (Å²) in [6.07, 6.45) is 3.18. The van der Waals surface area contributed by atoms with Crippen LogP contribution in [0.4, 0.5) is 11.4 Å². The summed E-state index contributed by atoms with van der Waals surface area (Å²) in [7, 11) is 0. The lowest BCUT2D eigenvalue weighted by Crippen LogP contribution is -2.25. The van der Waals surface area contributed by atoms with Crippen LogP contribution in [0.15, 0.2) is 24.3 Å². The van der Waals surface area contributed by atoms with Gasteiger partial charge in [0, 0.05) is 19.0 Å². The van der Waals surface area contributed by atoms with Crippen LogP contribution in [0.5, 0.6) is 0 Å². The SMILES string of the molecule is CC(CCN)C(=O)Nc1ccccc1N1CCCC1. The molecule has 4 heteroatoms. The van der Waals surface area contributed by atoms with Gasteiger partial charge in [0.1, 0.15) is 0 Å². The number of hydrogen-bond acceptors (Lipinski definition) is 3. The molecule has 1 atom stereocenters. The first-order chi connectivity index (χ1) is 9.22. The Labute approximate surface area is 115 Å². The molecule has 0 bridgehead atoms. The molecule has 1 aromatic carbocycles. The highest BCUT2D eigenvalue weighted by Gasteiger charge is 2.18. The van der Waals surface area contributed by atoms with Gasteiger partial charge in [0.25, 0.3) is 0 Å². The van der Waals surface area contributed by atoms with Crippen molar-refractivity contribution >= 4 is 17.3 Å². The van der Waals surface area contributed by atoms with Crippen molar-refractivity contribution in [3.63, 3.8) is 0 Å². The highest BCUT2D eigenvalue weighted by Crippen LogP contribution is 2.28. The van der Waals surface area contributed by atoms with Gasteiger partial charge in [-0.15, -0.1) is 0 Å². The largest absolute Gasteiger partial charge is 0.370 e. The third kappa shape index (κ3) is 3.47. The second-order valence-electron chi connectivity index (χ2n) is 5.18. The number of carbonyl (C=O) groups is 1. The molecule has 1 aliphatic heterocycles. The van der Waals surface area contributed by atoms with E-state index in [4.69, 9.17) is 5.73 Å². The zero-order chi connectivity index (χ0) is 13.7. The van der Waals surface area contributed by atoms with Gasteiger partial charge in [0.2, 0.25) is 5.91 Å². The van der Waals surface area contributed by atoms with E-state index < -0.39 is 0 Å². The second-order valence-corrected chi connectivity index (χ2v) is 5.18. The van der Waals surface area contributed by atoms with Gasteiger partial charge in [-0.2, -0.15) is 0 Å². The first kappa shape index (κ1) is 13.9. The predicted octanol–water partition coefficient (Wildman–Crippen LogP) is 2.21. The summed E-state index contributed by atoms with van der Waals surface area (Å²) >= 11 is 0. The molecule has 3 N–H and O–H groups in total. The highest BCUT2D eigenvalue weighted by atomic mass is 16.1. The van der Waals surface area contributed by atoms with Crippen molar-refractivity contribution in [1.29, 1.82) is 0 Å². The van der Waals surface area contributed by atoms with Gasteiger partial charge < -0.3 is 16.0 Å². The minimum absolute atomic E-state index is 0.0448. The molecule has 4 nitrogen and oxygen atoms in total. The van der Waals surface area contributed by atoms with Crippen LogP contribution in [-0.2, 0) is 4.79 Å². The predicted molar refractivity (Wildman–Crippen MR) is 79.4 cm³/mol. The number of carbonyl (C=O) groups excluding carboxylic acids is 1. The molecular weight excluding hydrogens is 238 g/mol. The Kier molecular flexibility index (Phi) is 4.80. The number of para-hydroxylation sites is 2. The third-order valence-electron chi connectivity index (χ3n) is 3.66. The number of amides is 1. The summed E-state index contributed by atoms with van der Waals surface area (Å²) in [6, 6.07) is 8.03. The molecule has 0 aliphatic carbocycles. The summed E-state index contributed by atoms with van der Waals surface area (Å²) < 4.78 is 0. The molecule has 0 spiro atoms. The average molecular weight is 261 g/mol. The fourth-order valence-electron chi connectivity index (χ4n) is 2.45. The van der Waals surface area contributed by atoms with E-state index in [1.165, 1.54) is 12.8 Å². The summed E-state index contributed by atoms with van der Waals surface area (Å²) in [5.74, 6) is 0.00808. The molecule has 0 radical (unpaired) electrons. The Morgan fingerprint density at radius 3 is 2.74 bits per heavy atom. The summed E-state index contributed by atoms with van der Waals surface area (Å²) in [4.78, 5) is 14.4. The first-order valence-electron chi connectivity index (χ1n) is 7.07. The van der Waals surface area contributed by atoms with Crippen molar-refractivity contribution in [2.75, 3.05) is 29.9 Å². The smallest absolute Gasteiger partial charge is 0.227 e. The number of anilines is 2. The molecule has 1 aliphatic rings. The van der Waals surface area contributed by atoms with Crippen molar-refractivity contribution in [1.82, 2.24) is 0 Å². The Morgan fingerprint density at radius 1 is 1.37 bits per heavy atom. The maximum Gasteiger partial charge on any atom is 0.227 e. The van der Waals surface area contributed by atoms with Crippen LogP contribution in [0.3, 0.4) is 0 Å². The number of hydrogen-bond donors (Lipinski definition) is 2. The number of nitrogens with one attached hydrogen (secondary N) is 1. The van der Waals surface area contributed by atoms with E-state index in [-0.39, 0.29) is 11.8 Å². The van der Waals surface area contributed by atoms with E-state index in [0.29, 0.717) is 6.54 Å². The summed E-state index contributed by atoms with van der Waals surface area (Å²) in [6.45, 7) is 4.61. The van der Waals surface area contributed by atoms with Crippen molar-refractivity contribution < 1.29 is 4.79 Å². The van der Waals surface area contributed by atoms with E-state index in [0.717, 1.165) is 30.9 Å². The monoisotopic (exact) mass is 261 g/mol. The molecule has 19 heavy (non-hydrogen) atoms. The zero-order valence-corrected chi connectivity index (χ0v) is 11.6. The minimum atomic E-state index is -0.0448. The highest BCUT2D eigenvalue weighted by molar-refractivity contribution is 5.95. The van der Waals surface area contributed by atoms with Crippen LogP contribution in [0, 0.1) is 5.92 Å².